The van der Waals surface area contributed by atoms with Crippen molar-refractivity contribution in [3.63, 3.8) is 0 Å². The number of unbranched alkanes of at least 4 members (excludes halogenated alkanes) is 2. The number of pyridine rings is 1. The molecule has 0 amide bonds. The largest absolute Gasteiger partial charge is 0.345 e. The second-order valence-corrected chi connectivity index (χ2v) is 8.33. The molecular formula is C27H29N5O2. The number of aromatic amines is 1. The van der Waals surface area contributed by atoms with Crippen LogP contribution in [0.2, 0.25) is 0 Å². The first-order valence-electron chi connectivity index (χ1n) is 11.2. The van der Waals surface area contributed by atoms with E-state index < -0.39 is 0 Å². The van der Waals surface area contributed by atoms with E-state index in [-0.39, 0.29) is 19.1 Å². The molecule has 34 heavy (non-hydrogen) atoms. The average molecular weight is 456 g/mol. The number of fused-ring (bicyclic) bond motifs is 2. The van der Waals surface area contributed by atoms with E-state index in [2.05, 4.69) is 22.0 Å². The SMILES string of the molecule is C.CCCCCC(=O)n1ccc2c(C(=O)c3c[nH]c4ncc(-c5cnn(C)c5)cc34)cccc21. The Hall–Kier alpha value is -4.00. The van der Waals surface area contributed by atoms with Crippen molar-refractivity contribution < 1.29 is 9.59 Å². The topological polar surface area (TPSA) is 85.6 Å². The van der Waals surface area contributed by atoms with Crippen LogP contribution in [0.4, 0.5) is 0 Å². The van der Waals surface area contributed by atoms with Gasteiger partial charge in [0.15, 0.2) is 5.78 Å². The highest BCUT2D eigenvalue weighted by atomic mass is 16.2. The van der Waals surface area contributed by atoms with Gasteiger partial charge < -0.3 is 4.98 Å². The van der Waals surface area contributed by atoms with Crippen molar-refractivity contribution in [1.29, 1.82) is 0 Å². The Balaban J connectivity index is 0.00000274. The predicted molar refractivity (Wildman–Crippen MR) is 135 cm³/mol. The smallest absolute Gasteiger partial charge is 0.231 e. The normalized spacial score (nSPS) is 11.1. The number of ketones is 1. The van der Waals surface area contributed by atoms with Gasteiger partial charge in [-0.1, -0.05) is 39.3 Å². The van der Waals surface area contributed by atoms with Gasteiger partial charge in [0.05, 0.1) is 11.7 Å². The number of rotatable bonds is 7. The lowest BCUT2D eigenvalue weighted by molar-refractivity contribution is 0.0904. The number of aromatic nitrogens is 5. The molecule has 1 N–H and O–H groups in total. The molecule has 0 aliphatic carbocycles. The third-order valence-corrected chi connectivity index (χ3v) is 6.05. The molecule has 7 heteroatoms. The van der Waals surface area contributed by atoms with Crippen LogP contribution in [0, 0.1) is 0 Å². The monoisotopic (exact) mass is 455 g/mol. The van der Waals surface area contributed by atoms with Gasteiger partial charge in [-0.3, -0.25) is 18.8 Å². The second-order valence-electron chi connectivity index (χ2n) is 8.33. The van der Waals surface area contributed by atoms with E-state index in [1.807, 2.05) is 43.6 Å². The molecule has 0 saturated heterocycles. The second kappa shape index (κ2) is 9.47. The van der Waals surface area contributed by atoms with Crippen LogP contribution in [0.3, 0.4) is 0 Å². The van der Waals surface area contributed by atoms with Gasteiger partial charge in [-0.15, -0.1) is 0 Å². The van der Waals surface area contributed by atoms with Crippen LogP contribution in [0.1, 0.15) is 60.7 Å². The predicted octanol–water partition coefficient (Wildman–Crippen LogP) is 6.01. The zero-order valence-electron chi connectivity index (χ0n) is 18.7. The van der Waals surface area contributed by atoms with Crippen molar-refractivity contribution in [2.45, 2.75) is 40.0 Å². The Bertz CT molecular complexity index is 1490. The Morgan fingerprint density at radius 1 is 1.03 bits per heavy atom. The van der Waals surface area contributed by atoms with E-state index >= 15 is 0 Å². The summed E-state index contributed by atoms with van der Waals surface area (Å²) in [6, 6.07) is 9.36. The molecular weight excluding hydrogens is 426 g/mol. The molecule has 0 fully saturated rings. The summed E-state index contributed by atoms with van der Waals surface area (Å²) in [4.78, 5) is 33.9. The van der Waals surface area contributed by atoms with Gasteiger partial charge >= 0.3 is 0 Å². The minimum Gasteiger partial charge on any atom is -0.345 e. The van der Waals surface area contributed by atoms with Crippen LogP contribution in [0.5, 0.6) is 0 Å². The standard InChI is InChI=1S/C26H25N5O2.CH4/c1-3-4-5-9-24(32)31-11-10-19-20(7-6-8-23(19)31)25(33)22-15-28-26-21(22)12-17(13-27-26)18-14-29-30(2)16-18;/h6-8,10-16H,3-5,9H2,1-2H3,(H,27,28);1H4. The molecule has 5 rings (SSSR count). The highest BCUT2D eigenvalue weighted by molar-refractivity contribution is 6.21. The average Bonchev–Trinajstić information content (AvgIpc) is 3.56. The Kier molecular flexibility index (Phi) is 6.45. The van der Waals surface area contributed by atoms with Gasteiger partial charge in [0.1, 0.15) is 5.65 Å². The fourth-order valence-corrected chi connectivity index (χ4v) is 4.29. The lowest BCUT2D eigenvalue weighted by Crippen LogP contribution is -2.09. The molecule has 0 saturated carbocycles. The third kappa shape index (κ3) is 4.05. The minimum atomic E-state index is -0.104. The maximum absolute atomic E-state index is 13.6. The summed E-state index contributed by atoms with van der Waals surface area (Å²) in [5.74, 6) is -0.0476. The molecule has 1 aromatic carbocycles. The first-order valence-corrected chi connectivity index (χ1v) is 11.2. The molecule has 4 heterocycles. The molecule has 4 aromatic heterocycles. The number of nitrogens with zero attached hydrogens (tertiary/aromatic N) is 4. The first-order chi connectivity index (χ1) is 16.1. The van der Waals surface area contributed by atoms with Crippen molar-refractivity contribution in [2.24, 2.45) is 7.05 Å². The molecule has 0 aliphatic rings. The molecule has 0 aliphatic heterocycles. The molecule has 0 radical (unpaired) electrons. The van der Waals surface area contributed by atoms with Gasteiger partial charge in [0.2, 0.25) is 5.91 Å². The molecule has 0 spiro atoms. The highest BCUT2D eigenvalue weighted by Gasteiger charge is 2.20. The molecule has 7 nitrogen and oxygen atoms in total. The lowest BCUT2D eigenvalue weighted by atomic mass is 9.99. The summed E-state index contributed by atoms with van der Waals surface area (Å²) in [7, 11) is 1.86. The maximum atomic E-state index is 13.6. The van der Waals surface area contributed by atoms with E-state index in [1.165, 1.54) is 0 Å². The number of nitrogens with one attached hydrogen (secondary N) is 1. The number of hydrogen-bond acceptors (Lipinski definition) is 4. The van der Waals surface area contributed by atoms with Crippen LogP contribution >= 0.6 is 0 Å². The van der Waals surface area contributed by atoms with Crippen molar-refractivity contribution >= 4 is 33.6 Å². The number of benzene rings is 1. The van der Waals surface area contributed by atoms with Crippen molar-refractivity contribution in [3.8, 4) is 11.1 Å². The molecule has 174 valence electrons. The zero-order chi connectivity index (χ0) is 22.9. The summed E-state index contributed by atoms with van der Waals surface area (Å²) >= 11 is 0. The van der Waals surface area contributed by atoms with Crippen LogP contribution in [-0.4, -0.2) is 36.0 Å². The zero-order valence-corrected chi connectivity index (χ0v) is 18.7. The summed E-state index contributed by atoms with van der Waals surface area (Å²) in [5, 5.41) is 5.76. The van der Waals surface area contributed by atoms with E-state index in [9.17, 15) is 9.59 Å². The molecule has 0 atom stereocenters. The minimum absolute atomic E-state index is 0. The van der Waals surface area contributed by atoms with E-state index in [1.54, 1.807) is 34.0 Å². The third-order valence-electron chi connectivity index (χ3n) is 6.05. The van der Waals surface area contributed by atoms with E-state index in [4.69, 9.17) is 0 Å². The number of H-pyrrole nitrogens is 1. The van der Waals surface area contributed by atoms with Crippen molar-refractivity contribution in [2.75, 3.05) is 0 Å². The summed E-state index contributed by atoms with van der Waals surface area (Å²) < 4.78 is 3.40. The number of carbonyl (C=O) groups excluding carboxylic acids is 2. The van der Waals surface area contributed by atoms with E-state index in [0.29, 0.717) is 23.2 Å². The van der Waals surface area contributed by atoms with Crippen molar-refractivity contribution in [1.82, 2.24) is 24.3 Å². The van der Waals surface area contributed by atoms with Gasteiger partial charge in [-0.25, -0.2) is 4.98 Å². The number of aryl methyl sites for hydroxylation is 1. The number of carbonyl (C=O) groups is 2. The van der Waals surface area contributed by atoms with Gasteiger partial charge in [-0.2, -0.15) is 5.10 Å². The fraction of sp³-hybridized carbons (Fsp3) is 0.259. The lowest BCUT2D eigenvalue weighted by Gasteiger charge is -2.06. The van der Waals surface area contributed by atoms with Gasteiger partial charge in [-0.05, 0) is 24.6 Å². The van der Waals surface area contributed by atoms with E-state index in [0.717, 1.165) is 46.7 Å². The Labute approximate surface area is 198 Å². The Morgan fingerprint density at radius 2 is 1.88 bits per heavy atom. The molecule has 0 bridgehead atoms. The first kappa shape index (κ1) is 23.2. The summed E-state index contributed by atoms with van der Waals surface area (Å²) in [6.07, 6.45) is 12.4. The number of hydrogen-bond donors (Lipinski definition) is 1. The van der Waals surface area contributed by atoms with Crippen LogP contribution in [0.25, 0.3) is 33.1 Å². The van der Waals surface area contributed by atoms with Crippen LogP contribution in [-0.2, 0) is 7.05 Å². The molecule has 5 aromatic rings. The summed E-state index contributed by atoms with van der Waals surface area (Å²) in [6.45, 7) is 2.12. The van der Waals surface area contributed by atoms with Crippen LogP contribution in [0.15, 0.2) is 61.3 Å². The Morgan fingerprint density at radius 3 is 2.65 bits per heavy atom. The van der Waals surface area contributed by atoms with Crippen molar-refractivity contribution in [3.05, 3.63) is 72.4 Å². The van der Waals surface area contributed by atoms with Gasteiger partial charge in [0, 0.05) is 71.3 Å². The quantitative estimate of drug-likeness (QED) is 0.241. The maximum Gasteiger partial charge on any atom is 0.231 e. The summed E-state index contributed by atoms with van der Waals surface area (Å²) in [5.41, 5.74) is 4.37. The molecule has 0 unspecified atom stereocenters. The van der Waals surface area contributed by atoms with Gasteiger partial charge in [0.25, 0.3) is 0 Å². The van der Waals surface area contributed by atoms with Crippen LogP contribution < -0.4 is 0 Å². The fourth-order valence-electron chi connectivity index (χ4n) is 4.29. The highest BCUT2D eigenvalue weighted by Crippen LogP contribution is 2.28.